The molecule has 1 saturated heterocycles. The number of cyclic esters (lactones) is 1. The molecule has 0 saturated carbocycles. The summed E-state index contributed by atoms with van der Waals surface area (Å²) in [6, 6.07) is 0. The Balaban J connectivity index is 2.13. The molecule has 0 radical (unpaired) electrons. The lowest BCUT2D eigenvalue weighted by Gasteiger charge is -2.45. The molecular weight excluding hydrogens is 684 g/mol. The molecule has 2 heterocycles. The normalized spacial score (nSPS) is 44.4. The van der Waals surface area contributed by atoms with Gasteiger partial charge >= 0.3 is 5.97 Å². The maximum atomic E-state index is 12.5. The van der Waals surface area contributed by atoms with E-state index in [0.717, 1.165) is 0 Å². The number of hydrogen-bond acceptors (Lipinski definition) is 12. The van der Waals surface area contributed by atoms with Gasteiger partial charge in [-0.2, -0.15) is 0 Å². The average Bonchev–Trinajstić information content (AvgIpc) is 3.07. The summed E-state index contributed by atoms with van der Waals surface area (Å²) in [7, 11) is 0. The Labute approximate surface area is 314 Å². The summed E-state index contributed by atoms with van der Waals surface area (Å²) in [6.45, 7) is 7.03. The molecule has 53 heavy (non-hydrogen) atoms. The lowest BCUT2D eigenvalue weighted by atomic mass is 9.84. The minimum atomic E-state index is -1.98. The number of fused-ring (bicyclic) bond motifs is 2. The van der Waals surface area contributed by atoms with Gasteiger partial charge in [0.15, 0.2) is 5.79 Å². The second-order valence-corrected chi connectivity index (χ2v) is 14.7. The quantitative estimate of drug-likeness (QED) is 0.164. The fourth-order valence-corrected chi connectivity index (χ4v) is 6.35. The number of aliphatic hydroxyl groups excluding tert-OH is 8. The molecule has 2 aliphatic rings. The lowest BCUT2D eigenvalue weighted by molar-refractivity contribution is -0.302. The molecule has 9 N–H and O–H groups in total. The van der Waals surface area contributed by atoms with Crippen LogP contribution in [0.5, 0.6) is 0 Å². The highest BCUT2D eigenvalue weighted by molar-refractivity contribution is 5.70. The van der Waals surface area contributed by atoms with Gasteiger partial charge in [0, 0.05) is 37.0 Å². The summed E-state index contributed by atoms with van der Waals surface area (Å²) in [5.74, 6) is -3.74. The van der Waals surface area contributed by atoms with Gasteiger partial charge in [0.1, 0.15) is 6.10 Å². The van der Waals surface area contributed by atoms with Crippen molar-refractivity contribution in [3.05, 3.63) is 85.1 Å². The number of hydrogen-bond donors (Lipinski definition) is 9. The average molecular weight is 749 g/mol. The highest BCUT2D eigenvalue weighted by atomic mass is 16.6. The van der Waals surface area contributed by atoms with E-state index in [1.807, 2.05) is 67.7 Å². The van der Waals surface area contributed by atoms with Gasteiger partial charge in [0.25, 0.3) is 0 Å². The predicted molar refractivity (Wildman–Crippen MR) is 202 cm³/mol. The van der Waals surface area contributed by atoms with Crippen LogP contribution < -0.4 is 0 Å². The Morgan fingerprint density at radius 1 is 0.585 bits per heavy atom. The van der Waals surface area contributed by atoms with Gasteiger partial charge in [-0.15, -0.1) is 0 Å². The maximum absolute atomic E-state index is 12.5. The number of allylic oxidation sites excluding steroid dienone is 12. The molecule has 14 atom stereocenters. The molecule has 0 aromatic rings. The Kier molecular flexibility index (Phi) is 20.9. The Bertz CT molecular complexity index is 1270. The Morgan fingerprint density at radius 3 is 1.68 bits per heavy atom. The largest absolute Gasteiger partial charge is 0.462 e. The van der Waals surface area contributed by atoms with Crippen LogP contribution in [0.1, 0.15) is 79.1 Å². The summed E-state index contributed by atoms with van der Waals surface area (Å²) in [5.41, 5.74) is 0. The van der Waals surface area contributed by atoms with Gasteiger partial charge < -0.3 is 55.4 Å². The van der Waals surface area contributed by atoms with E-state index in [2.05, 4.69) is 0 Å². The van der Waals surface area contributed by atoms with E-state index in [9.17, 15) is 50.8 Å². The molecular formula is C41H64O12. The van der Waals surface area contributed by atoms with Crippen LogP contribution in [0.3, 0.4) is 0 Å². The first kappa shape index (κ1) is 46.4. The minimum absolute atomic E-state index is 0.0207. The van der Waals surface area contributed by atoms with E-state index >= 15 is 0 Å². The SMILES string of the molecule is C[C@@H]1[C@H](O)[C@@H](C)/C=C/C=C/C=C/C=C/C=C/C=C/C=C/[C@H](O)CC2O[C@](O)(C[C@@H](O)[C@H](O)CC[C@@H](O)C[C@@H](O)C[C@@H](O)CC(=O)O[C@H]1C)C[C@H](O)[C@H]2C. The number of carbonyl (C=O) groups excluding carboxylic acids is 1. The zero-order chi connectivity index (χ0) is 39.6. The van der Waals surface area contributed by atoms with E-state index < -0.39 is 97.5 Å². The van der Waals surface area contributed by atoms with Crippen LogP contribution in [0.15, 0.2) is 85.1 Å². The van der Waals surface area contributed by atoms with Gasteiger partial charge in [0.2, 0.25) is 0 Å². The molecule has 12 nitrogen and oxygen atoms in total. The van der Waals surface area contributed by atoms with Crippen LogP contribution in [0.2, 0.25) is 0 Å². The van der Waals surface area contributed by atoms with E-state index in [-0.39, 0.29) is 44.4 Å². The zero-order valence-corrected chi connectivity index (χ0v) is 31.5. The number of rotatable bonds is 0. The standard InChI is InChI=1S/C41H64O12/c1-27-17-15-13-11-9-7-5-6-8-10-12-14-16-18-31(42)23-38-29(3)36(47)25-41(51,53-38)26-37(48)35(46)20-19-32(43)21-33(44)22-34(45)24-39(49)52-30(4)28(2)40(27)50/h5-18,27-38,40,42-48,50-51H,19-26H2,1-4H3/b6-5+,9-7+,10-8+,13-11+,14-12+,17-15+,18-16+/t27-,28-,29+,30-,31-,32+,33+,34+,35+,36-,37+,38?,40+,41-/m0/s1. The van der Waals surface area contributed by atoms with Crippen molar-refractivity contribution in [2.24, 2.45) is 17.8 Å². The van der Waals surface area contributed by atoms with Gasteiger partial charge in [0.05, 0.1) is 61.4 Å². The third kappa shape index (κ3) is 18.0. The molecule has 300 valence electrons. The fraction of sp³-hybridized carbons (Fsp3) is 0.634. The van der Waals surface area contributed by atoms with Crippen molar-refractivity contribution in [1.82, 2.24) is 0 Å². The van der Waals surface area contributed by atoms with Crippen LogP contribution in [0, 0.1) is 17.8 Å². The van der Waals surface area contributed by atoms with Crippen LogP contribution in [0.25, 0.3) is 0 Å². The summed E-state index contributed by atoms with van der Waals surface area (Å²) < 4.78 is 11.3. The molecule has 0 amide bonds. The second kappa shape index (κ2) is 23.9. The summed E-state index contributed by atoms with van der Waals surface area (Å²) in [4.78, 5) is 12.5. The van der Waals surface area contributed by atoms with E-state index in [0.29, 0.717) is 0 Å². The number of ether oxygens (including phenoxy) is 2. The first-order chi connectivity index (χ1) is 25.0. The van der Waals surface area contributed by atoms with E-state index in [1.165, 1.54) is 0 Å². The summed E-state index contributed by atoms with van der Waals surface area (Å²) in [5, 5.41) is 95.8. The van der Waals surface area contributed by atoms with Gasteiger partial charge in [-0.25, -0.2) is 0 Å². The monoisotopic (exact) mass is 748 g/mol. The number of aliphatic hydroxyl groups is 9. The molecule has 0 spiro atoms. The molecule has 1 fully saturated rings. The second-order valence-electron chi connectivity index (χ2n) is 14.7. The topological polar surface area (TPSA) is 218 Å². The van der Waals surface area contributed by atoms with Crippen molar-refractivity contribution in [1.29, 1.82) is 0 Å². The first-order valence-electron chi connectivity index (χ1n) is 18.7. The number of carbonyl (C=O) groups is 1. The van der Waals surface area contributed by atoms with Crippen LogP contribution in [0.4, 0.5) is 0 Å². The minimum Gasteiger partial charge on any atom is -0.462 e. The van der Waals surface area contributed by atoms with Crippen molar-refractivity contribution in [3.8, 4) is 0 Å². The van der Waals surface area contributed by atoms with Crippen LogP contribution >= 0.6 is 0 Å². The molecule has 2 bridgehead atoms. The summed E-state index contributed by atoms with van der Waals surface area (Å²) in [6.07, 6.45) is 13.3. The van der Waals surface area contributed by atoms with Gasteiger partial charge in [-0.1, -0.05) is 106 Å². The lowest BCUT2D eigenvalue weighted by Crippen LogP contribution is -2.53. The van der Waals surface area contributed by atoms with Gasteiger partial charge in [-0.3, -0.25) is 4.79 Å². The molecule has 2 rings (SSSR count). The van der Waals surface area contributed by atoms with Crippen molar-refractivity contribution in [3.63, 3.8) is 0 Å². The smallest absolute Gasteiger partial charge is 0.308 e. The van der Waals surface area contributed by atoms with Crippen molar-refractivity contribution in [2.75, 3.05) is 0 Å². The Hall–Kier alpha value is -2.75. The van der Waals surface area contributed by atoms with Crippen molar-refractivity contribution >= 4 is 5.97 Å². The van der Waals surface area contributed by atoms with Gasteiger partial charge in [-0.05, 0) is 32.6 Å². The third-order valence-electron chi connectivity index (χ3n) is 9.93. The van der Waals surface area contributed by atoms with Crippen LogP contribution in [-0.4, -0.2) is 119 Å². The number of esters is 1. The fourth-order valence-electron chi connectivity index (χ4n) is 6.35. The maximum Gasteiger partial charge on any atom is 0.308 e. The molecule has 0 aliphatic carbocycles. The molecule has 12 heteroatoms. The summed E-state index contributed by atoms with van der Waals surface area (Å²) >= 11 is 0. The van der Waals surface area contributed by atoms with Crippen LogP contribution in [-0.2, 0) is 14.3 Å². The highest BCUT2D eigenvalue weighted by Crippen LogP contribution is 2.37. The highest BCUT2D eigenvalue weighted by Gasteiger charge is 2.46. The molecule has 0 aromatic heterocycles. The predicted octanol–water partition coefficient (Wildman–Crippen LogP) is 2.83. The van der Waals surface area contributed by atoms with E-state index in [1.54, 1.807) is 45.1 Å². The Morgan fingerprint density at radius 2 is 1.09 bits per heavy atom. The molecule has 2 aliphatic heterocycles. The van der Waals surface area contributed by atoms with E-state index in [4.69, 9.17) is 9.47 Å². The molecule has 1 unspecified atom stereocenters. The third-order valence-corrected chi connectivity index (χ3v) is 9.93. The zero-order valence-electron chi connectivity index (χ0n) is 31.5. The first-order valence-corrected chi connectivity index (χ1v) is 18.7. The molecule has 0 aromatic carbocycles. The van der Waals surface area contributed by atoms with Crippen molar-refractivity contribution in [2.45, 2.75) is 146 Å². The van der Waals surface area contributed by atoms with Crippen molar-refractivity contribution < 1.29 is 60.2 Å².